The monoisotopic (exact) mass is 202 g/mol. The zero-order valence-electron chi connectivity index (χ0n) is 8.85. The Bertz CT molecular complexity index is 185. The van der Waals surface area contributed by atoms with Crippen LogP contribution in [-0.4, -0.2) is 22.9 Å². The third-order valence-corrected chi connectivity index (χ3v) is 1.48. The second kappa shape index (κ2) is 5.09. The number of rotatable bonds is 6. The van der Waals surface area contributed by atoms with Gasteiger partial charge in [-0.25, -0.2) is 0 Å². The molecule has 0 amide bonds. The Labute approximate surface area is 82.9 Å². The Morgan fingerprint density at radius 3 is 1.85 bits per heavy atom. The Kier molecular flexibility index (Phi) is 4.80. The van der Waals surface area contributed by atoms with Crippen molar-refractivity contribution in [1.29, 1.82) is 0 Å². The smallest absolute Gasteiger partial charge is 0.269 e. The van der Waals surface area contributed by atoms with Crippen LogP contribution in [0.4, 0.5) is 0 Å². The molecule has 13 heavy (non-hydrogen) atoms. The highest BCUT2D eigenvalue weighted by Gasteiger charge is 2.27. The summed E-state index contributed by atoms with van der Waals surface area (Å²) in [5, 5.41) is 0. The summed E-state index contributed by atoms with van der Waals surface area (Å²) in [4.78, 5) is 0. The molecule has 0 saturated carbocycles. The number of allylic oxidation sites excluding steroid dienone is 2. The topological polar surface area (TPSA) is 27.7 Å². The average molecular weight is 202 g/mol. The molecule has 0 bridgehead atoms. The Morgan fingerprint density at radius 2 is 1.62 bits per heavy atom. The van der Waals surface area contributed by atoms with Gasteiger partial charge in [-0.3, -0.25) is 0 Å². The fourth-order valence-corrected chi connectivity index (χ4v) is 1.60. The second-order valence-corrected chi connectivity index (χ2v) is 3.75. The lowest BCUT2D eigenvalue weighted by Crippen LogP contribution is -2.36. The van der Waals surface area contributed by atoms with E-state index < -0.39 is 5.79 Å². The third-order valence-electron chi connectivity index (χ3n) is 1.19. The lowest BCUT2D eigenvalue weighted by molar-refractivity contribution is -0.193. The largest absolute Gasteiger partial charge is 0.456 e. The summed E-state index contributed by atoms with van der Waals surface area (Å²) >= 11 is 0. The normalized spacial score (nSPS) is 11.0. The summed E-state index contributed by atoms with van der Waals surface area (Å²) in [6.07, 6.45) is 0. The molecule has 0 atom stereocenters. The van der Waals surface area contributed by atoms with Gasteiger partial charge in [0, 0.05) is 6.92 Å². The Balaban J connectivity index is 4.32. The van der Waals surface area contributed by atoms with Gasteiger partial charge in [-0.1, -0.05) is 13.2 Å². The van der Waals surface area contributed by atoms with Crippen molar-refractivity contribution < 1.29 is 13.9 Å². The molecule has 0 unspecified atom stereocenters. The first kappa shape index (κ1) is 12.3. The van der Waals surface area contributed by atoms with Crippen LogP contribution in [0, 0.1) is 0 Å². The van der Waals surface area contributed by atoms with Gasteiger partial charge >= 0.3 is 0 Å². The molecule has 0 rings (SSSR count). The predicted molar refractivity (Wildman–Crippen MR) is 56.1 cm³/mol. The lowest BCUT2D eigenvalue weighted by Gasteiger charge is -2.30. The van der Waals surface area contributed by atoms with E-state index in [0.717, 1.165) is 0 Å². The SMILES string of the molecule is C=C(C)OC(C)(CO[SiH3])OC(=C)C. The van der Waals surface area contributed by atoms with Crippen LogP contribution in [-0.2, 0) is 13.9 Å². The van der Waals surface area contributed by atoms with E-state index in [4.69, 9.17) is 13.9 Å². The molecule has 0 radical (unpaired) electrons. The quantitative estimate of drug-likeness (QED) is 0.367. The van der Waals surface area contributed by atoms with Crippen LogP contribution in [0.5, 0.6) is 0 Å². The zero-order chi connectivity index (χ0) is 10.5. The van der Waals surface area contributed by atoms with Gasteiger partial charge in [0.25, 0.3) is 5.79 Å². The molecule has 0 saturated heterocycles. The van der Waals surface area contributed by atoms with E-state index in [2.05, 4.69) is 13.2 Å². The van der Waals surface area contributed by atoms with Crippen LogP contribution in [0.1, 0.15) is 20.8 Å². The molecule has 0 spiro atoms. The molecule has 3 nitrogen and oxygen atoms in total. The highest BCUT2D eigenvalue weighted by atomic mass is 28.2. The van der Waals surface area contributed by atoms with E-state index in [-0.39, 0.29) is 0 Å². The van der Waals surface area contributed by atoms with E-state index >= 15 is 0 Å². The van der Waals surface area contributed by atoms with Crippen molar-refractivity contribution in [3.63, 3.8) is 0 Å². The first-order chi connectivity index (χ1) is 5.89. The van der Waals surface area contributed by atoms with Crippen molar-refractivity contribution in [3.05, 3.63) is 24.7 Å². The van der Waals surface area contributed by atoms with Gasteiger partial charge in [0.15, 0.2) is 0 Å². The molecule has 0 aliphatic carbocycles. The van der Waals surface area contributed by atoms with E-state index in [1.807, 2.05) is 0 Å². The molecule has 0 aliphatic heterocycles. The molecule has 0 N–H and O–H groups in total. The first-order valence-electron chi connectivity index (χ1n) is 4.07. The van der Waals surface area contributed by atoms with Crippen molar-refractivity contribution >= 4 is 10.5 Å². The maximum atomic E-state index is 5.41. The summed E-state index contributed by atoms with van der Waals surface area (Å²) in [5.74, 6) is 0.407. The second-order valence-electron chi connectivity index (χ2n) is 3.17. The summed E-state index contributed by atoms with van der Waals surface area (Å²) in [6.45, 7) is 13.0. The number of hydrogen-bond donors (Lipinski definition) is 0. The van der Waals surface area contributed by atoms with Crippen LogP contribution in [0.25, 0.3) is 0 Å². The average Bonchev–Trinajstić information content (AvgIpc) is 1.81. The van der Waals surface area contributed by atoms with Crippen molar-refractivity contribution in [1.82, 2.24) is 0 Å². The molecule has 0 heterocycles. The van der Waals surface area contributed by atoms with Crippen LogP contribution < -0.4 is 0 Å². The molecule has 76 valence electrons. The van der Waals surface area contributed by atoms with Crippen molar-refractivity contribution in [3.8, 4) is 0 Å². The third kappa shape index (κ3) is 5.49. The van der Waals surface area contributed by atoms with E-state index in [0.29, 0.717) is 28.6 Å². The van der Waals surface area contributed by atoms with Crippen LogP contribution in [0.2, 0.25) is 0 Å². The lowest BCUT2D eigenvalue weighted by atomic mass is 10.3. The minimum atomic E-state index is -0.792. The van der Waals surface area contributed by atoms with Crippen molar-refractivity contribution in [2.24, 2.45) is 0 Å². The van der Waals surface area contributed by atoms with Gasteiger partial charge in [-0.15, -0.1) is 0 Å². The van der Waals surface area contributed by atoms with E-state index in [9.17, 15) is 0 Å². The molecule has 0 aromatic carbocycles. The van der Waals surface area contributed by atoms with Crippen LogP contribution >= 0.6 is 0 Å². The molecular weight excluding hydrogens is 184 g/mol. The number of ether oxygens (including phenoxy) is 2. The van der Waals surface area contributed by atoms with Crippen molar-refractivity contribution in [2.75, 3.05) is 6.61 Å². The summed E-state index contributed by atoms with van der Waals surface area (Å²) < 4.78 is 15.9. The Morgan fingerprint density at radius 1 is 1.23 bits per heavy atom. The van der Waals surface area contributed by atoms with Gasteiger partial charge in [0.2, 0.25) is 0 Å². The van der Waals surface area contributed by atoms with Gasteiger partial charge in [-0.2, -0.15) is 0 Å². The minimum absolute atomic E-state index is 0.388. The van der Waals surface area contributed by atoms with Gasteiger partial charge in [0.1, 0.15) is 17.1 Å². The van der Waals surface area contributed by atoms with E-state index in [1.165, 1.54) is 0 Å². The van der Waals surface area contributed by atoms with Gasteiger partial charge in [0.05, 0.1) is 11.5 Å². The summed E-state index contributed by atoms with van der Waals surface area (Å²) in [7, 11) is 0.651. The molecule has 0 aromatic rings. The molecule has 0 fully saturated rings. The molecular formula is C9H18O3Si. The first-order valence-corrected chi connectivity index (χ1v) is 4.89. The minimum Gasteiger partial charge on any atom is -0.456 e. The highest BCUT2D eigenvalue weighted by Crippen LogP contribution is 2.19. The maximum absolute atomic E-state index is 5.41. The predicted octanol–water partition coefficient (Wildman–Crippen LogP) is 1.10. The molecule has 0 aromatic heterocycles. The van der Waals surface area contributed by atoms with Crippen molar-refractivity contribution in [2.45, 2.75) is 26.6 Å². The molecule has 0 aliphatic rings. The fourth-order valence-electron chi connectivity index (χ4n) is 1.08. The Hall–Kier alpha value is -0.743. The standard InChI is InChI=1S/C9H18O3Si/c1-7(2)11-9(5,6-10-13)12-8(3)4/h1,3,6H2,2,4-5,13H3. The van der Waals surface area contributed by atoms with Gasteiger partial charge in [-0.05, 0) is 13.8 Å². The maximum Gasteiger partial charge on any atom is 0.269 e. The zero-order valence-corrected chi connectivity index (χ0v) is 10.8. The fraction of sp³-hybridized carbons (Fsp3) is 0.556. The molecule has 4 heteroatoms. The number of hydrogen-bond acceptors (Lipinski definition) is 3. The summed E-state index contributed by atoms with van der Waals surface area (Å²) in [5.41, 5.74) is 0. The van der Waals surface area contributed by atoms with Crippen LogP contribution in [0.15, 0.2) is 24.7 Å². The van der Waals surface area contributed by atoms with Crippen LogP contribution in [0.3, 0.4) is 0 Å². The summed E-state index contributed by atoms with van der Waals surface area (Å²) in [6, 6.07) is 0. The van der Waals surface area contributed by atoms with Gasteiger partial charge < -0.3 is 13.9 Å². The van der Waals surface area contributed by atoms with E-state index in [1.54, 1.807) is 20.8 Å². The highest BCUT2D eigenvalue weighted by molar-refractivity contribution is 5.97.